The van der Waals surface area contributed by atoms with Crippen LogP contribution in [0.4, 0.5) is 11.5 Å². The zero-order chi connectivity index (χ0) is 20.1. The van der Waals surface area contributed by atoms with Crippen molar-refractivity contribution >= 4 is 39.0 Å². The second-order valence-corrected chi connectivity index (χ2v) is 9.31. The number of nitrogens with two attached hydrogens (primary N) is 1. The summed E-state index contributed by atoms with van der Waals surface area (Å²) in [7, 11) is 0. The number of pyridine rings is 1. The SMILES string of the molecule is CCN(CC)C(=O)c1sc2nc(N3CCCC3)c3c(c2c1N)CC(C)(C)OC3. The molecule has 2 aromatic rings. The zero-order valence-electron chi connectivity index (χ0n) is 17.3. The van der Waals surface area contributed by atoms with Gasteiger partial charge in [0, 0.05) is 43.5 Å². The summed E-state index contributed by atoms with van der Waals surface area (Å²) in [4.78, 5) is 23.7. The standard InChI is InChI=1S/C21H30N4O2S/c1-5-24(6-2)20(26)17-16(22)15-13-11-21(3,4)27-12-14(13)18(23-19(15)28-17)25-9-7-8-10-25/h5-12,22H2,1-4H3. The molecule has 0 saturated carbocycles. The van der Waals surface area contributed by atoms with Crippen molar-refractivity contribution in [2.45, 2.75) is 59.2 Å². The third kappa shape index (κ3) is 3.14. The van der Waals surface area contributed by atoms with Gasteiger partial charge in [-0.15, -0.1) is 11.3 Å². The van der Waals surface area contributed by atoms with Crippen LogP contribution in [0, 0.1) is 0 Å². The lowest BCUT2D eigenvalue weighted by Crippen LogP contribution is -2.34. The summed E-state index contributed by atoms with van der Waals surface area (Å²) in [6, 6.07) is 0. The minimum atomic E-state index is -0.249. The van der Waals surface area contributed by atoms with E-state index in [4.69, 9.17) is 15.5 Å². The smallest absolute Gasteiger partial charge is 0.266 e. The zero-order valence-corrected chi connectivity index (χ0v) is 18.1. The normalized spacial score (nSPS) is 18.5. The van der Waals surface area contributed by atoms with E-state index in [-0.39, 0.29) is 11.5 Å². The summed E-state index contributed by atoms with van der Waals surface area (Å²) in [5, 5.41) is 0.967. The first-order chi connectivity index (χ1) is 13.4. The van der Waals surface area contributed by atoms with Gasteiger partial charge in [0.15, 0.2) is 0 Å². The number of nitrogens with zero attached hydrogens (tertiary/aromatic N) is 3. The highest BCUT2D eigenvalue weighted by molar-refractivity contribution is 7.21. The molecule has 0 spiro atoms. The molecule has 0 bridgehead atoms. The van der Waals surface area contributed by atoms with E-state index in [1.54, 1.807) is 0 Å². The molecule has 4 heterocycles. The van der Waals surface area contributed by atoms with Gasteiger partial charge < -0.3 is 20.3 Å². The molecule has 2 aliphatic rings. The van der Waals surface area contributed by atoms with E-state index >= 15 is 0 Å². The Kier molecular flexibility index (Phi) is 5.00. The molecule has 2 aromatic heterocycles. The predicted octanol–water partition coefficient (Wildman–Crippen LogP) is 3.81. The van der Waals surface area contributed by atoms with Gasteiger partial charge in [0.05, 0.1) is 17.9 Å². The Morgan fingerprint density at radius 3 is 2.57 bits per heavy atom. The van der Waals surface area contributed by atoms with Crippen LogP contribution in [0.3, 0.4) is 0 Å². The summed E-state index contributed by atoms with van der Waals surface area (Å²) in [5.41, 5.74) is 9.28. The van der Waals surface area contributed by atoms with Gasteiger partial charge in [-0.3, -0.25) is 4.79 Å². The number of ether oxygens (including phenoxy) is 1. The average Bonchev–Trinajstić information content (AvgIpc) is 3.29. The van der Waals surface area contributed by atoms with Gasteiger partial charge in [0.1, 0.15) is 15.5 Å². The highest BCUT2D eigenvalue weighted by Gasteiger charge is 2.34. The second kappa shape index (κ2) is 7.19. The highest BCUT2D eigenvalue weighted by atomic mass is 32.1. The summed E-state index contributed by atoms with van der Waals surface area (Å²) < 4.78 is 6.13. The Morgan fingerprint density at radius 1 is 1.25 bits per heavy atom. The van der Waals surface area contributed by atoms with Crippen LogP contribution in [0.15, 0.2) is 0 Å². The fourth-order valence-corrected chi connectivity index (χ4v) is 5.44. The van der Waals surface area contributed by atoms with Crippen LogP contribution in [0.2, 0.25) is 0 Å². The van der Waals surface area contributed by atoms with Crippen LogP contribution in [0.5, 0.6) is 0 Å². The molecular formula is C21H30N4O2S. The lowest BCUT2D eigenvalue weighted by Gasteiger charge is -2.34. The second-order valence-electron chi connectivity index (χ2n) is 8.31. The van der Waals surface area contributed by atoms with Crippen LogP contribution >= 0.6 is 11.3 Å². The molecule has 1 amide bonds. The van der Waals surface area contributed by atoms with Gasteiger partial charge in [-0.1, -0.05) is 0 Å². The molecule has 0 unspecified atom stereocenters. The summed E-state index contributed by atoms with van der Waals surface area (Å²) >= 11 is 1.44. The van der Waals surface area contributed by atoms with Crippen molar-refractivity contribution in [3.05, 3.63) is 16.0 Å². The van der Waals surface area contributed by atoms with Gasteiger partial charge in [-0.2, -0.15) is 0 Å². The number of nitrogen functional groups attached to an aromatic ring is 1. The fraction of sp³-hybridized carbons (Fsp3) is 0.619. The van der Waals surface area contributed by atoms with Crippen molar-refractivity contribution in [2.24, 2.45) is 0 Å². The Balaban J connectivity index is 1.92. The molecule has 0 aromatic carbocycles. The van der Waals surface area contributed by atoms with Gasteiger partial charge in [-0.25, -0.2) is 4.98 Å². The van der Waals surface area contributed by atoms with E-state index in [1.165, 1.54) is 29.7 Å². The van der Waals surface area contributed by atoms with Crippen LogP contribution < -0.4 is 10.6 Å². The molecule has 28 heavy (non-hydrogen) atoms. The molecular weight excluding hydrogens is 372 g/mol. The highest BCUT2D eigenvalue weighted by Crippen LogP contribution is 2.44. The largest absolute Gasteiger partial charge is 0.397 e. The molecule has 2 N–H and O–H groups in total. The topological polar surface area (TPSA) is 71.7 Å². The molecule has 1 saturated heterocycles. The Morgan fingerprint density at radius 2 is 1.93 bits per heavy atom. The lowest BCUT2D eigenvalue weighted by atomic mass is 9.89. The molecule has 1 fully saturated rings. The number of fused-ring (bicyclic) bond motifs is 3. The van der Waals surface area contributed by atoms with E-state index in [1.807, 2.05) is 18.7 Å². The number of aromatic nitrogens is 1. The average molecular weight is 403 g/mol. The number of rotatable bonds is 4. The molecule has 0 aliphatic carbocycles. The maximum Gasteiger partial charge on any atom is 0.266 e. The van der Waals surface area contributed by atoms with Crippen molar-refractivity contribution in [3.8, 4) is 0 Å². The third-order valence-electron chi connectivity index (χ3n) is 5.93. The maximum absolute atomic E-state index is 13.0. The number of hydrogen-bond donors (Lipinski definition) is 1. The van der Waals surface area contributed by atoms with E-state index in [9.17, 15) is 4.79 Å². The van der Waals surface area contributed by atoms with Crippen LogP contribution in [0.25, 0.3) is 10.2 Å². The minimum absolute atomic E-state index is 0.00768. The van der Waals surface area contributed by atoms with E-state index in [0.717, 1.165) is 41.1 Å². The number of amides is 1. The quantitative estimate of drug-likeness (QED) is 0.842. The van der Waals surface area contributed by atoms with Crippen LogP contribution in [0.1, 0.15) is 61.3 Å². The molecule has 152 valence electrons. The Labute approximate surface area is 170 Å². The lowest BCUT2D eigenvalue weighted by molar-refractivity contribution is -0.0395. The van der Waals surface area contributed by atoms with Crippen molar-refractivity contribution in [1.29, 1.82) is 0 Å². The number of carbonyl (C=O) groups is 1. The molecule has 7 heteroatoms. The fourth-order valence-electron chi connectivity index (χ4n) is 4.35. The van der Waals surface area contributed by atoms with E-state index < -0.39 is 0 Å². The number of anilines is 2. The van der Waals surface area contributed by atoms with Gasteiger partial charge in [-0.05, 0) is 46.1 Å². The Hall–Kier alpha value is -1.86. The van der Waals surface area contributed by atoms with Crippen LogP contribution in [-0.2, 0) is 17.8 Å². The first-order valence-corrected chi connectivity index (χ1v) is 11.1. The third-order valence-corrected chi connectivity index (χ3v) is 7.02. The first-order valence-electron chi connectivity index (χ1n) is 10.3. The summed E-state index contributed by atoms with van der Waals surface area (Å²) in [5.74, 6) is 1.03. The molecule has 0 radical (unpaired) electrons. The van der Waals surface area contributed by atoms with Crippen molar-refractivity contribution < 1.29 is 9.53 Å². The predicted molar refractivity (Wildman–Crippen MR) is 115 cm³/mol. The van der Waals surface area contributed by atoms with Gasteiger partial charge >= 0.3 is 0 Å². The number of thiophene rings is 1. The summed E-state index contributed by atoms with van der Waals surface area (Å²) in [6.07, 6.45) is 3.17. The number of hydrogen-bond acceptors (Lipinski definition) is 6. The maximum atomic E-state index is 13.0. The monoisotopic (exact) mass is 402 g/mol. The van der Waals surface area contributed by atoms with Gasteiger partial charge in [0.25, 0.3) is 5.91 Å². The van der Waals surface area contributed by atoms with Crippen molar-refractivity contribution in [1.82, 2.24) is 9.88 Å². The molecule has 2 aliphatic heterocycles. The van der Waals surface area contributed by atoms with Crippen molar-refractivity contribution in [2.75, 3.05) is 36.8 Å². The van der Waals surface area contributed by atoms with Crippen LogP contribution in [-0.4, -0.2) is 47.6 Å². The minimum Gasteiger partial charge on any atom is -0.397 e. The summed E-state index contributed by atoms with van der Waals surface area (Å²) in [6.45, 7) is 12.2. The molecule has 4 rings (SSSR count). The van der Waals surface area contributed by atoms with Gasteiger partial charge in [0.2, 0.25) is 0 Å². The van der Waals surface area contributed by atoms with E-state index in [0.29, 0.717) is 30.3 Å². The molecule has 6 nitrogen and oxygen atoms in total. The number of carbonyl (C=O) groups excluding carboxylic acids is 1. The molecule has 0 atom stereocenters. The van der Waals surface area contributed by atoms with E-state index in [2.05, 4.69) is 18.7 Å². The van der Waals surface area contributed by atoms with Crippen molar-refractivity contribution in [3.63, 3.8) is 0 Å². The Bertz CT molecular complexity index is 911. The first kappa shape index (κ1) is 19.5.